The smallest absolute Gasteiger partial charge is 0.478 e. The largest absolute Gasteiger partial charge is 0.514 e. The van der Waals surface area contributed by atoms with Gasteiger partial charge < -0.3 is 19.0 Å². The summed E-state index contributed by atoms with van der Waals surface area (Å²) in [4.78, 5) is 25.2. The molecule has 0 amide bonds. The Morgan fingerprint density at radius 3 is 2.07 bits per heavy atom. The van der Waals surface area contributed by atoms with Crippen LogP contribution in [0.1, 0.15) is 37.5 Å². The Kier molecular flexibility index (Phi) is 9.96. The molecule has 0 aliphatic heterocycles. The summed E-state index contributed by atoms with van der Waals surface area (Å²) in [6.07, 6.45) is 0.0643. The van der Waals surface area contributed by atoms with E-state index in [9.17, 15) is 23.1 Å². The van der Waals surface area contributed by atoms with Crippen molar-refractivity contribution in [2.75, 3.05) is 12.9 Å². The predicted molar refractivity (Wildman–Crippen MR) is 161 cm³/mol. The third-order valence-corrected chi connectivity index (χ3v) is 12.7. The highest BCUT2D eigenvalue weighted by Crippen LogP contribution is 2.37. The molecule has 3 aromatic rings. The molecule has 0 fully saturated rings. The number of benzene rings is 3. The van der Waals surface area contributed by atoms with E-state index in [1.54, 1.807) is 48.5 Å². The van der Waals surface area contributed by atoms with Gasteiger partial charge in [0.2, 0.25) is 0 Å². The van der Waals surface area contributed by atoms with Crippen LogP contribution in [-0.4, -0.2) is 46.8 Å². The van der Waals surface area contributed by atoms with Crippen molar-refractivity contribution in [1.29, 1.82) is 0 Å². The molecule has 0 saturated heterocycles. The summed E-state index contributed by atoms with van der Waals surface area (Å²) >= 11 is 0. The van der Waals surface area contributed by atoms with Crippen LogP contribution in [0.2, 0.25) is 18.1 Å². The fourth-order valence-corrected chi connectivity index (χ4v) is 5.26. The molecular formula is C31H36O8SSi. The maximum atomic E-state index is 12.7. The SMILES string of the molecule is CC(C)(C)[Si](C)(C)OCc1cccc(OC(=O)OC/C(=C(\C(=O)O)c2ccccc2)c2ccc(S(C)(=O)=O)cc2)c1. The average Bonchev–Trinajstić information content (AvgIpc) is 2.89. The summed E-state index contributed by atoms with van der Waals surface area (Å²) in [5.41, 5.74) is 1.71. The molecule has 3 aromatic carbocycles. The fourth-order valence-electron chi connectivity index (χ4n) is 3.67. The molecule has 8 nitrogen and oxygen atoms in total. The lowest BCUT2D eigenvalue weighted by molar-refractivity contribution is -0.130. The van der Waals surface area contributed by atoms with Crippen molar-refractivity contribution < 1.29 is 37.0 Å². The van der Waals surface area contributed by atoms with Gasteiger partial charge >= 0.3 is 12.1 Å². The number of ether oxygens (including phenoxy) is 2. The van der Waals surface area contributed by atoms with E-state index in [0.29, 0.717) is 17.7 Å². The number of carbonyl (C=O) groups is 2. The van der Waals surface area contributed by atoms with Gasteiger partial charge in [0.15, 0.2) is 18.2 Å². The van der Waals surface area contributed by atoms with Crippen LogP contribution in [0.4, 0.5) is 4.79 Å². The van der Waals surface area contributed by atoms with Crippen molar-refractivity contribution >= 4 is 41.4 Å². The molecular weight excluding hydrogens is 560 g/mol. The highest BCUT2D eigenvalue weighted by Gasteiger charge is 2.37. The van der Waals surface area contributed by atoms with Crippen molar-refractivity contribution in [2.24, 2.45) is 0 Å². The summed E-state index contributed by atoms with van der Waals surface area (Å²) in [5.74, 6) is -0.972. The van der Waals surface area contributed by atoms with Gasteiger partial charge in [0.05, 0.1) is 17.1 Å². The standard InChI is InChI=1S/C31H36O8SSi/c1-31(2,3)41(5,6)38-20-22-11-10-14-25(19-22)39-30(34)37-21-27(23-15-17-26(18-16-23)40(4,35)36)28(29(32)33)24-12-8-7-9-13-24/h7-19H,20-21H2,1-6H3,(H,32,33)/b28-27+. The number of hydrogen-bond acceptors (Lipinski definition) is 7. The van der Waals surface area contributed by atoms with Crippen molar-refractivity contribution in [3.63, 3.8) is 0 Å². The predicted octanol–water partition coefficient (Wildman–Crippen LogP) is 6.82. The summed E-state index contributed by atoms with van der Waals surface area (Å²) in [6, 6.07) is 21.1. The fraction of sp³-hybridized carbons (Fsp3) is 0.290. The first-order chi connectivity index (χ1) is 19.1. The molecule has 0 unspecified atom stereocenters. The first kappa shape index (κ1) is 31.8. The maximum absolute atomic E-state index is 12.7. The van der Waals surface area contributed by atoms with Crippen LogP contribution in [0.5, 0.6) is 5.75 Å². The molecule has 0 atom stereocenters. The Morgan fingerprint density at radius 1 is 0.878 bits per heavy atom. The highest BCUT2D eigenvalue weighted by molar-refractivity contribution is 7.90. The zero-order chi connectivity index (χ0) is 30.4. The zero-order valence-electron chi connectivity index (χ0n) is 24.1. The van der Waals surface area contributed by atoms with Gasteiger partial charge in [0.25, 0.3) is 0 Å². The van der Waals surface area contributed by atoms with Crippen LogP contribution in [0.3, 0.4) is 0 Å². The van der Waals surface area contributed by atoms with Crippen molar-refractivity contribution in [1.82, 2.24) is 0 Å². The van der Waals surface area contributed by atoms with Crippen molar-refractivity contribution in [3.05, 3.63) is 95.6 Å². The number of aliphatic carboxylic acids is 1. The molecule has 0 heterocycles. The molecule has 1 N–H and O–H groups in total. The van der Waals surface area contributed by atoms with E-state index < -0.39 is 36.9 Å². The van der Waals surface area contributed by atoms with Crippen molar-refractivity contribution in [2.45, 2.75) is 50.4 Å². The number of hydrogen-bond donors (Lipinski definition) is 1. The molecule has 0 bridgehead atoms. The van der Waals surface area contributed by atoms with E-state index in [0.717, 1.165) is 11.8 Å². The summed E-state index contributed by atoms with van der Waals surface area (Å²) in [7, 11) is -5.44. The molecule has 0 saturated carbocycles. The van der Waals surface area contributed by atoms with E-state index in [4.69, 9.17) is 13.9 Å². The number of sulfone groups is 1. The molecule has 0 radical (unpaired) electrons. The third-order valence-electron chi connectivity index (χ3n) is 7.05. The number of carboxylic acid groups (broad SMARTS) is 1. The molecule has 218 valence electrons. The van der Waals surface area contributed by atoms with Gasteiger partial charge in [-0.25, -0.2) is 18.0 Å². The lowest BCUT2D eigenvalue weighted by atomic mass is 9.95. The molecule has 0 aromatic heterocycles. The van der Waals surface area contributed by atoms with Gasteiger partial charge in [-0.15, -0.1) is 0 Å². The van der Waals surface area contributed by atoms with E-state index >= 15 is 0 Å². The minimum absolute atomic E-state index is 0.0514. The second-order valence-corrected chi connectivity index (χ2v) is 18.0. The molecule has 0 aliphatic rings. The molecule has 41 heavy (non-hydrogen) atoms. The third kappa shape index (κ3) is 8.62. The quantitative estimate of drug-likeness (QED) is 0.0891. The topological polar surface area (TPSA) is 116 Å². The van der Waals surface area contributed by atoms with E-state index in [-0.39, 0.29) is 26.8 Å². The monoisotopic (exact) mass is 596 g/mol. The van der Waals surface area contributed by atoms with Crippen LogP contribution in [0.15, 0.2) is 83.8 Å². The van der Waals surface area contributed by atoms with Crippen LogP contribution >= 0.6 is 0 Å². The first-order valence-electron chi connectivity index (χ1n) is 13.0. The van der Waals surface area contributed by atoms with Crippen LogP contribution in [0, 0.1) is 0 Å². The number of carboxylic acids is 1. The normalized spacial score (nSPS) is 12.8. The lowest BCUT2D eigenvalue weighted by Crippen LogP contribution is -2.40. The molecule has 0 aliphatic carbocycles. The lowest BCUT2D eigenvalue weighted by Gasteiger charge is -2.36. The Balaban J connectivity index is 1.84. The van der Waals surface area contributed by atoms with Crippen molar-refractivity contribution in [3.8, 4) is 5.75 Å². The minimum atomic E-state index is -3.46. The van der Waals surface area contributed by atoms with Gasteiger partial charge in [0, 0.05) is 11.8 Å². The molecule has 0 spiro atoms. The minimum Gasteiger partial charge on any atom is -0.478 e. The second kappa shape index (κ2) is 12.8. The van der Waals surface area contributed by atoms with E-state index in [1.165, 1.54) is 24.3 Å². The van der Waals surface area contributed by atoms with Crippen LogP contribution in [-0.2, 0) is 30.4 Å². The number of rotatable bonds is 10. The van der Waals surface area contributed by atoms with Gasteiger partial charge in [0.1, 0.15) is 12.4 Å². The Hall–Kier alpha value is -3.73. The number of carbonyl (C=O) groups excluding carboxylic acids is 1. The summed E-state index contributed by atoms with van der Waals surface area (Å²) in [5, 5.41) is 10.1. The van der Waals surface area contributed by atoms with Gasteiger partial charge in [-0.3, -0.25) is 0 Å². The Bertz CT molecular complexity index is 1520. The molecule has 10 heteroatoms. The van der Waals surface area contributed by atoms with E-state index in [2.05, 4.69) is 33.9 Å². The van der Waals surface area contributed by atoms with Gasteiger partial charge in [-0.2, -0.15) is 0 Å². The van der Waals surface area contributed by atoms with E-state index in [1.807, 2.05) is 6.07 Å². The summed E-state index contributed by atoms with van der Waals surface area (Å²) < 4.78 is 40.9. The van der Waals surface area contributed by atoms with Gasteiger partial charge in [-0.05, 0) is 59.1 Å². The maximum Gasteiger partial charge on any atom is 0.514 e. The average molecular weight is 597 g/mol. The molecule has 3 rings (SSSR count). The highest BCUT2D eigenvalue weighted by atomic mass is 32.2. The second-order valence-electron chi connectivity index (χ2n) is 11.2. The van der Waals surface area contributed by atoms with Crippen LogP contribution in [0.25, 0.3) is 11.1 Å². The van der Waals surface area contributed by atoms with Crippen LogP contribution < -0.4 is 4.74 Å². The van der Waals surface area contributed by atoms with Gasteiger partial charge in [-0.1, -0.05) is 75.4 Å². The Morgan fingerprint density at radius 2 is 1.51 bits per heavy atom. The zero-order valence-corrected chi connectivity index (χ0v) is 25.9. The summed E-state index contributed by atoms with van der Waals surface area (Å²) in [6.45, 7) is 10.7. The first-order valence-corrected chi connectivity index (χ1v) is 17.8. The Labute approximate surface area is 242 Å².